The van der Waals surface area contributed by atoms with Crippen LogP contribution in [0.3, 0.4) is 0 Å². The number of rotatable bonds is 15. The van der Waals surface area contributed by atoms with Gasteiger partial charge in [0.2, 0.25) is 0 Å². The Balaban J connectivity index is 3.30. The first-order valence-electron chi connectivity index (χ1n) is 9.57. The van der Waals surface area contributed by atoms with Crippen molar-refractivity contribution in [3.05, 3.63) is 12.2 Å². The summed E-state index contributed by atoms with van der Waals surface area (Å²) >= 11 is 0. The van der Waals surface area contributed by atoms with E-state index in [9.17, 15) is 5.11 Å². The molecule has 0 amide bonds. The molecule has 0 aromatic carbocycles. The number of allylic oxidation sites excluding steroid dienone is 1. The van der Waals surface area contributed by atoms with E-state index in [1.807, 2.05) is 0 Å². The maximum Gasteiger partial charge on any atom is 0.0574 e. The molecule has 0 saturated carbocycles. The summed E-state index contributed by atoms with van der Waals surface area (Å²) in [6.45, 7) is 6.43. The summed E-state index contributed by atoms with van der Waals surface area (Å²) in [6.07, 6.45) is 19.8. The van der Waals surface area contributed by atoms with Crippen molar-refractivity contribution in [3.8, 4) is 0 Å². The number of unbranched alkanes of at least 4 members (excludes halogenated alkanes) is 8. The van der Waals surface area contributed by atoms with Gasteiger partial charge in [-0.05, 0) is 46.0 Å². The fourth-order valence-electron chi connectivity index (χ4n) is 2.67. The van der Waals surface area contributed by atoms with Crippen LogP contribution in [0.4, 0.5) is 0 Å². The lowest BCUT2D eigenvalue weighted by Gasteiger charge is -2.17. The predicted octanol–water partition coefficient (Wildman–Crippen LogP) is 5.73. The molecule has 1 atom stereocenters. The lowest BCUT2D eigenvalue weighted by molar-refractivity contribution is 0.163. The van der Waals surface area contributed by atoms with Crippen LogP contribution in [0.5, 0.6) is 0 Å². The third-order valence-electron chi connectivity index (χ3n) is 4.16. The average molecular weight is 312 g/mol. The molecule has 0 heterocycles. The van der Waals surface area contributed by atoms with Gasteiger partial charge >= 0.3 is 0 Å². The summed E-state index contributed by atoms with van der Waals surface area (Å²) in [5, 5.41) is 9.85. The number of hydrogen-bond donors (Lipinski definition) is 2. The zero-order chi connectivity index (χ0) is 16.7. The van der Waals surface area contributed by atoms with Gasteiger partial charge in [-0.15, -0.1) is 0 Å². The molecule has 0 fully saturated rings. The normalized spacial score (nSPS) is 13.9. The standard InChI is InChI=1S/C20H41NO/c1-4-5-6-13-16-19(22)17-14-11-9-7-8-10-12-15-18-20(2,3)21/h11,14,19,22H,4-10,12-13,15-18,21H2,1-3H3/t19-/m1/s1. The zero-order valence-corrected chi connectivity index (χ0v) is 15.4. The van der Waals surface area contributed by atoms with E-state index in [1.54, 1.807) is 0 Å². The van der Waals surface area contributed by atoms with Crippen molar-refractivity contribution in [2.45, 2.75) is 116 Å². The highest BCUT2D eigenvalue weighted by Gasteiger charge is 2.08. The molecule has 0 saturated heterocycles. The topological polar surface area (TPSA) is 46.2 Å². The zero-order valence-electron chi connectivity index (χ0n) is 15.4. The number of hydrogen-bond acceptors (Lipinski definition) is 2. The molecule has 0 radical (unpaired) electrons. The molecule has 0 rings (SSSR count). The molecule has 0 aliphatic rings. The minimum absolute atomic E-state index is 0.000112. The van der Waals surface area contributed by atoms with E-state index >= 15 is 0 Å². The van der Waals surface area contributed by atoms with Crippen LogP contribution < -0.4 is 5.73 Å². The molecule has 0 unspecified atom stereocenters. The largest absolute Gasteiger partial charge is 0.393 e. The SMILES string of the molecule is CCCCCC[C@@H](O)CC=CCCCCCCCC(C)(C)N. The first-order chi connectivity index (χ1) is 10.5. The molecular formula is C20H41NO. The highest BCUT2D eigenvalue weighted by Crippen LogP contribution is 2.13. The van der Waals surface area contributed by atoms with E-state index in [0.717, 1.165) is 25.7 Å². The number of nitrogens with two attached hydrogens (primary N) is 1. The molecule has 0 aromatic heterocycles. The van der Waals surface area contributed by atoms with Crippen molar-refractivity contribution in [1.29, 1.82) is 0 Å². The van der Waals surface area contributed by atoms with Crippen LogP contribution in [0, 0.1) is 0 Å². The molecule has 132 valence electrons. The van der Waals surface area contributed by atoms with E-state index in [0.29, 0.717) is 0 Å². The molecule has 2 nitrogen and oxygen atoms in total. The first-order valence-corrected chi connectivity index (χ1v) is 9.57. The highest BCUT2D eigenvalue weighted by molar-refractivity contribution is 4.84. The summed E-state index contributed by atoms with van der Waals surface area (Å²) in [5.41, 5.74) is 5.97. The molecule has 2 heteroatoms. The van der Waals surface area contributed by atoms with Crippen LogP contribution in [0.2, 0.25) is 0 Å². The lowest BCUT2D eigenvalue weighted by atomic mass is 9.97. The second-order valence-corrected chi connectivity index (χ2v) is 7.51. The van der Waals surface area contributed by atoms with E-state index in [4.69, 9.17) is 5.73 Å². The van der Waals surface area contributed by atoms with Gasteiger partial charge in [-0.1, -0.05) is 70.4 Å². The highest BCUT2D eigenvalue weighted by atomic mass is 16.3. The predicted molar refractivity (Wildman–Crippen MR) is 99.1 cm³/mol. The summed E-state index contributed by atoms with van der Waals surface area (Å²) in [6, 6.07) is 0. The monoisotopic (exact) mass is 311 g/mol. The van der Waals surface area contributed by atoms with Crippen molar-refractivity contribution in [2.24, 2.45) is 5.73 Å². The lowest BCUT2D eigenvalue weighted by Crippen LogP contribution is -2.31. The van der Waals surface area contributed by atoms with E-state index in [2.05, 4.69) is 32.9 Å². The third kappa shape index (κ3) is 17.7. The molecular weight excluding hydrogens is 270 g/mol. The van der Waals surface area contributed by atoms with Gasteiger partial charge in [0.05, 0.1) is 6.10 Å². The fourth-order valence-corrected chi connectivity index (χ4v) is 2.67. The van der Waals surface area contributed by atoms with Crippen LogP contribution in [0.25, 0.3) is 0 Å². The summed E-state index contributed by atoms with van der Waals surface area (Å²) in [7, 11) is 0. The Hall–Kier alpha value is -0.340. The Morgan fingerprint density at radius 2 is 1.55 bits per heavy atom. The quantitative estimate of drug-likeness (QED) is 0.299. The average Bonchev–Trinajstić information content (AvgIpc) is 2.44. The maximum atomic E-state index is 9.85. The van der Waals surface area contributed by atoms with Gasteiger partial charge in [0.25, 0.3) is 0 Å². The van der Waals surface area contributed by atoms with Gasteiger partial charge in [-0.3, -0.25) is 0 Å². The summed E-state index contributed by atoms with van der Waals surface area (Å²) < 4.78 is 0. The minimum Gasteiger partial charge on any atom is -0.393 e. The van der Waals surface area contributed by atoms with Crippen molar-refractivity contribution < 1.29 is 5.11 Å². The first kappa shape index (κ1) is 21.7. The molecule has 0 aromatic rings. The van der Waals surface area contributed by atoms with Gasteiger partial charge < -0.3 is 10.8 Å². The number of aliphatic hydroxyl groups is 1. The van der Waals surface area contributed by atoms with Crippen LogP contribution in [0.1, 0.15) is 104 Å². The molecule has 3 N–H and O–H groups in total. The summed E-state index contributed by atoms with van der Waals surface area (Å²) in [4.78, 5) is 0. The number of aliphatic hydroxyl groups excluding tert-OH is 1. The third-order valence-corrected chi connectivity index (χ3v) is 4.16. The molecule has 0 spiro atoms. The molecule has 0 bridgehead atoms. The Morgan fingerprint density at radius 3 is 2.23 bits per heavy atom. The van der Waals surface area contributed by atoms with Crippen molar-refractivity contribution in [2.75, 3.05) is 0 Å². The fraction of sp³-hybridized carbons (Fsp3) is 0.900. The molecule has 22 heavy (non-hydrogen) atoms. The Morgan fingerprint density at radius 1 is 0.909 bits per heavy atom. The summed E-state index contributed by atoms with van der Waals surface area (Å²) in [5.74, 6) is 0. The Labute approximate surface area is 139 Å². The van der Waals surface area contributed by atoms with Crippen molar-refractivity contribution in [3.63, 3.8) is 0 Å². The van der Waals surface area contributed by atoms with E-state index < -0.39 is 0 Å². The smallest absolute Gasteiger partial charge is 0.0574 e. The van der Waals surface area contributed by atoms with Crippen molar-refractivity contribution >= 4 is 0 Å². The van der Waals surface area contributed by atoms with Gasteiger partial charge in [-0.2, -0.15) is 0 Å². The maximum absolute atomic E-state index is 9.85. The second kappa shape index (κ2) is 14.3. The Bertz CT molecular complexity index is 255. The van der Waals surface area contributed by atoms with Crippen LogP contribution in [-0.2, 0) is 0 Å². The van der Waals surface area contributed by atoms with Gasteiger partial charge in [0.1, 0.15) is 0 Å². The van der Waals surface area contributed by atoms with Gasteiger partial charge in [-0.25, -0.2) is 0 Å². The van der Waals surface area contributed by atoms with Crippen LogP contribution >= 0.6 is 0 Å². The van der Waals surface area contributed by atoms with Crippen LogP contribution in [0.15, 0.2) is 12.2 Å². The van der Waals surface area contributed by atoms with Crippen LogP contribution in [-0.4, -0.2) is 16.7 Å². The minimum atomic E-state index is -0.132. The van der Waals surface area contributed by atoms with E-state index in [1.165, 1.54) is 57.8 Å². The second-order valence-electron chi connectivity index (χ2n) is 7.51. The van der Waals surface area contributed by atoms with E-state index in [-0.39, 0.29) is 11.6 Å². The van der Waals surface area contributed by atoms with Gasteiger partial charge in [0.15, 0.2) is 0 Å². The van der Waals surface area contributed by atoms with Gasteiger partial charge in [0, 0.05) is 5.54 Å². The van der Waals surface area contributed by atoms with Crippen molar-refractivity contribution in [1.82, 2.24) is 0 Å². The molecule has 0 aliphatic carbocycles. The Kier molecular flexibility index (Phi) is 14.0. The molecule has 0 aliphatic heterocycles.